The molecule has 2 fully saturated rings. The number of Topliss-reactive ketones (excluding diaryl/α,β-unsaturated/α-hetero) is 2. The van der Waals surface area contributed by atoms with E-state index in [0.717, 1.165) is 12.1 Å². The van der Waals surface area contributed by atoms with Crippen molar-refractivity contribution in [2.45, 2.75) is 38.0 Å². The Morgan fingerprint density at radius 2 is 1.06 bits per heavy atom. The van der Waals surface area contributed by atoms with Gasteiger partial charge in [0.15, 0.2) is 23.0 Å². The molecule has 0 amide bonds. The minimum Gasteiger partial charge on any atom is -0.508 e. The lowest BCUT2D eigenvalue weighted by Crippen LogP contribution is -2.16. The zero-order valence-electron chi connectivity index (χ0n) is 23.9. The number of benzene rings is 2. The quantitative estimate of drug-likeness (QED) is 0.121. The Morgan fingerprint density at radius 3 is 1.49 bits per heavy atom. The van der Waals surface area contributed by atoms with Crippen LogP contribution in [0.4, 0.5) is 26.3 Å². The second-order valence-corrected chi connectivity index (χ2v) is 11.6. The Bertz CT molecular complexity index is 1700. The van der Waals surface area contributed by atoms with Crippen LogP contribution in [0.2, 0.25) is 15.2 Å². The summed E-state index contributed by atoms with van der Waals surface area (Å²) in [5.41, 5.74) is -3.17. The summed E-state index contributed by atoms with van der Waals surface area (Å²) >= 11 is 16.6. The molecule has 1 N–H and O–H groups in total. The number of hydrogen-bond acceptors (Lipinski definition) is 6. The number of rotatable bonds is 6. The minimum atomic E-state index is -4.72. The van der Waals surface area contributed by atoms with Crippen molar-refractivity contribution in [2.75, 3.05) is 0 Å². The first-order chi connectivity index (χ1) is 22.0. The number of carbonyl (C=O) groups excluding carboxylic acids is 2. The topological polar surface area (TPSA) is 89.4 Å². The normalized spacial score (nSPS) is 14.2. The van der Waals surface area contributed by atoms with Crippen molar-refractivity contribution in [2.24, 2.45) is 11.8 Å². The SMILES string of the molecule is O=C(c1ccc(Cl)nc1C(F)(F)F)C1CC1.O=C(c1ccc(Oc2ccc(Cl)cc2)nc1C(F)(F)F)C1CC1.Oc1ccc(Cl)cc1. The maximum absolute atomic E-state index is 13.2. The third-order valence-corrected chi connectivity index (χ3v) is 7.27. The molecular weight excluding hydrogens is 697 g/mol. The van der Waals surface area contributed by atoms with Gasteiger partial charge in [-0.25, -0.2) is 9.97 Å². The second-order valence-electron chi connectivity index (χ2n) is 10.4. The van der Waals surface area contributed by atoms with Gasteiger partial charge in [0.25, 0.3) is 0 Å². The summed E-state index contributed by atoms with van der Waals surface area (Å²) in [5.74, 6) is -1.28. The molecule has 0 radical (unpaired) electrons. The minimum absolute atomic E-state index is 0.230. The number of aromatic hydroxyl groups is 1. The fourth-order valence-corrected chi connectivity index (χ4v) is 4.36. The average Bonchev–Trinajstić information content (AvgIpc) is 3.93. The number of alkyl halides is 6. The number of carbonyl (C=O) groups is 2. The van der Waals surface area contributed by atoms with Crippen molar-refractivity contribution < 1.29 is 45.8 Å². The highest BCUT2D eigenvalue weighted by Crippen LogP contribution is 2.39. The number of ketones is 2. The Morgan fingerprint density at radius 1 is 0.638 bits per heavy atom. The highest BCUT2D eigenvalue weighted by Gasteiger charge is 2.42. The number of halogens is 9. The summed E-state index contributed by atoms with van der Waals surface area (Å²) in [6, 6.07) is 17.2. The Hall–Kier alpha value is -3.87. The van der Waals surface area contributed by atoms with Crippen LogP contribution in [0.15, 0.2) is 72.8 Å². The van der Waals surface area contributed by atoms with Gasteiger partial charge in [-0.1, -0.05) is 34.8 Å². The molecule has 6 nitrogen and oxygen atoms in total. The van der Waals surface area contributed by atoms with E-state index in [2.05, 4.69) is 9.97 Å². The first kappa shape index (κ1) is 36.0. The van der Waals surface area contributed by atoms with Crippen LogP contribution >= 0.6 is 34.8 Å². The molecule has 47 heavy (non-hydrogen) atoms. The number of nitrogens with zero attached hydrogens (tertiary/aromatic N) is 2. The molecule has 2 aromatic carbocycles. The molecule has 2 aromatic heterocycles. The maximum atomic E-state index is 13.2. The predicted octanol–water partition coefficient (Wildman–Crippen LogP) is 10.5. The van der Waals surface area contributed by atoms with Crippen LogP contribution < -0.4 is 4.74 Å². The van der Waals surface area contributed by atoms with Crippen LogP contribution in [0.1, 0.15) is 57.8 Å². The number of ether oxygens (including phenoxy) is 1. The Kier molecular flexibility index (Phi) is 11.4. The molecule has 2 aliphatic carbocycles. The molecule has 2 saturated carbocycles. The van der Waals surface area contributed by atoms with Crippen LogP contribution in [0, 0.1) is 11.8 Å². The van der Waals surface area contributed by atoms with Crippen LogP contribution in [0.25, 0.3) is 0 Å². The molecule has 6 rings (SSSR count). The fraction of sp³-hybridized carbons (Fsp3) is 0.250. The highest BCUT2D eigenvalue weighted by atomic mass is 35.5. The van der Waals surface area contributed by atoms with Crippen molar-refractivity contribution in [1.82, 2.24) is 9.97 Å². The van der Waals surface area contributed by atoms with E-state index in [4.69, 9.17) is 44.6 Å². The number of phenolic OH excluding ortho intramolecular Hbond substituents is 1. The summed E-state index contributed by atoms with van der Waals surface area (Å²) in [7, 11) is 0. The zero-order chi connectivity index (χ0) is 34.5. The van der Waals surface area contributed by atoms with E-state index in [9.17, 15) is 35.9 Å². The molecular formula is C32H23Cl3F6N2O4. The van der Waals surface area contributed by atoms with Gasteiger partial charge in [0.1, 0.15) is 16.7 Å². The number of phenols is 1. The van der Waals surface area contributed by atoms with Gasteiger partial charge in [0.2, 0.25) is 5.88 Å². The summed E-state index contributed by atoms with van der Waals surface area (Å²) < 4.78 is 82.6. The second kappa shape index (κ2) is 14.9. The van der Waals surface area contributed by atoms with E-state index < -0.39 is 40.9 Å². The van der Waals surface area contributed by atoms with Crippen molar-refractivity contribution >= 4 is 46.4 Å². The number of aromatic nitrogens is 2. The van der Waals surface area contributed by atoms with Gasteiger partial charge < -0.3 is 9.84 Å². The fourth-order valence-electron chi connectivity index (χ4n) is 3.96. The Balaban J connectivity index is 0.000000180. The van der Waals surface area contributed by atoms with E-state index in [1.54, 1.807) is 36.4 Å². The molecule has 0 bridgehead atoms. The lowest BCUT2D eigenvalue weighted by Gasteiger charge is -2.13. The van der Waals surface area contributed by atoms with E-state index in [-0.39, 0.29) is 34.2 Å². The van der Waals surface area contributed by atoms with E-state index in [1.165, 1.54) is 24.3 Å². The molecule has 2 aliphatic rings. The summed E-state index contributed by atoms with van der Waals surface area (Å²) in [4.78, 5) is 30.3. The lowest BCUT2D eigenvalue weighted by atomic mass is 10.1. The van der Waals surface area contributed by atoms with Crippen LogP contribution in [0.5, 0.6) is 17.4 Å². The van der Waals surface area contributed by atoms with Gasteiger partial charge in [0.05, 0.1) is 0 Å². The van der Waals surface area contributed by atoms with Crippen LogP contribution in [-0.2, 0) is 12.4 Å². The number of hydrogen-bond donors (Lipinski definition) is 1. The van der Waals surface area contributed by atoms with E-state index in [1.807, 2.05) is 0 Å². The predicted molar refractivity (Wildman–Crippen MR) is 162 cm³/mol. The van der Waals surface area contributed by atoms with Crippen LogP contribution in [0.3, 0.4) is 0 Å². The van der Waals surface area contributed by atoms with E-state index in [0.29, 0.717) is 41.5 Å². The van der Waals surface area contributed by atoms with Gasteiger partial charge in [-0.2, -0.15) is 26.3 Å². The highest BCUT2D eigenvalue weighted by molar-refractivity contribution is 6.31. The smallest absolute Gasteiger partial charge is 0.434 e. The van der Waals surface area contributed by atoms with Crippen molar-refractivity contribution in [3.8, 4) is 17.4 Å². The van der Waals surface area contributed by atoms with Crippen molar-refractivity contribution in [1.29, 1.82) is 0 Å². The lowest BCUT2D eigenvalue weighted by molar-refractivity contribution is -0.142. The summed E-state index contributed by atoms with van der Waals surface area (Å²) in [5, 5.41) is 9.55. The first-order valence-electron chi connectivity index (χ1n) is 13.8. The standard InChI is InChI=1S/C16H11ClF3NO2.C10H7ClF3NO.C6H5ClO/c17-10-3-5-11(6-4-10)23-13-8-7-12(14(22)9-1-2-9)15(21-13)16(18,19)20;11-7-4-3-6(8(16)5-1-2-5)9(15-7)10(12,13)14;7-5-1-3-6(8)4-2-5/h3-9H,1-2H2;3-5H,1-2H2;1-4,8H. The molecule has 0 saturated heterocycles. The van der Waals surface area contributed by atoms with Gasteiger partial charge in [-0.15, -0.1) is 0 Å². The summed E-state index contributed by atoms with van der Waals surface area (Å²) in [6.07, 6.45) is -6.82. The van der Waals surface area contributed by atoms with Gasteiger partial charge >= 0.3 is 12.4 Å². The van der Waals surface area contributed by atoms with Crippen LogP contribution in [-0.4, -0.2) is 26.6 Å². The molecule has 4 aromatic rings. The van der Waals surface area contributed by atoms with Crippen molar-refractivity contribution in [3.63, 3.8) is 0 Å². The van der Waals surface area contributed by atoms with Crippen molar-refractivity contribution in [3.05, 3.63) is 111 Å². The average molecular weight is 720 g/mol. The molecule has 0 spiro atoms. The largest absolute Gasteiger partial charge is 0.508 e. The molecule has 0 atom stereocenters. The summed E-state index contributed by atoms with van der Waals surface area (Å²) in [6.45, 7) is 0. The number of pyridine rings is 2. The van der Waals surface area contributed by atoms with Gasteiger partial charge in [-0.05, 0) is 92.4 Å². The zero-order valence-corrected chi connectivity index (χ0v) is 26.1. The molecule has 2 heterocycles. The van der Waals surface area contributed by atoms with Gasteiger partial charge in [0, 0.05) is 39.1 Å². The third kappa shape index (κ3) is 10.6. The maximum Gasteiger partial charge on any atom is 0.434 e. The molecule has 0 aliphatic heterocycles. The molecule has 0 unspecified atom stereocenters. The van der Waals surface area contributed by atoms with Gasteiger partial charge in [-0.3, -0.25) is 9.59 Å². The Labute approximate surface area is 279 Å². The first-order valence-corrected chi connectivity index (χ1v) is 14.9. The third-order valence-electron chi connectivity index (χ3n) is 6.56. The monoisotopic (exact) mass is 718 g/mol. The van der Waals surface area contributed by atoms with E-state index >= 15 is 0 Å². The molecule has 15 heteroatoms. The molecule has 248 valence electrons.